The van der Waals surface area contributed by atoms with Gasteiger partial charge in [0, 0.05) is 19.1 Å². The maximum absolute atomic E-state index is 11.9. The van der Waals surface area contributed by atoms with Gasteiger partial charge < -0.3 is 19.7 Å². The topological polar surface area (TPSA) is 91.5 Å². The van der Waals surface area contributed by atoms with Gasteiger partial charge in [-0.05, 0) is 13.8 Å². The molecule has 19 heavy (non-hydrogen) atoms. The second kappa shape index (κ2) is 8.13. The van der Waals surface area contributed by atoms with Crippen molar-refractivity contribution >= 4 is 17.7 Å². The van der Waals surface area contributed by atoms with Crippen LogP contribution in [0.3, 0.4) is 0 Å². The van der Waals surface area contributed by atoms with E-state index in [2.05, 4.69) is 10.2 Å². The second-order valence-corrected chi connectivity index (χ2v) is 5.17. The van der Waals surface area contributed by atoms with E-state index in [0.29, 0.717) is 5.16 Å². The van der Waals surface area contributed by atoms with Crippen LogP contribution < -0.4 is 0 Å². The first kappa shape index (κ1) is 15.9. The molecular formula is C11H20N4O3S. The van der Waals surface area contributed by atoms with E-state index in [1.54, 1.807) is 6.33 Å². The van der Waals surface area contributed by atoms with Crippen LogP contribution in [-0.4, -0.2) is 67.8 Å². The quantitative estimate of drug-likeness (QED) is 0.642. The Hall–Kier alpha value is -1.12. The van der Waals surface area contributed by atoms with Gasteiger partial charge in [-0.3, -0.25) is 4.79 Å². The minimum atomic E-state index is -0.133. The number of hydrogen-bond acceptors (Lipinski definition) is 6. The van der Waals surface area contributed by atoms with Crippen molar-refractivity contribution in [2.75, 3.05) is 32.1 Å². The van der Waals surface area contributed by atoms with Crippen molar-refractivity contribution in [3.05, 3.63) is 6.33 Å². The highest BCUT2D eigenvalue weighted by molar-refractivity contribution is 7.99. The minimum Gasteiger partial charge on any atom is -0.395 e. The molecule has 0 atom stereocenters. The zero-order valence-corrected chi connectivity index (χ0v) is 12.0. The normalized spacial score (nSPS) is 11.0. The molecule has 1 aromatic heterocycles. The van der Waals surface area contributed by atoms with Gasteiger partial charge >= 0.3 is 0 Å². The van der Waals surface area contributed by atoms with Gasteiger partial charge in [0.05, 0.1) is 19.0 Å². The Kier molecular flexibility index (Phi) is 6.82. The molecule has 0 radical (unpaired) electrons. The molecule has 0 spiro atoms. The van der Waals surface area contributed by atoms with Crippen LogP contribution >= 0.6 is 11.8 Å². The van der Waals surface area contributed by atoms with Gasteiger partial charge in [0.25, 0.3) is 0 Å². The molecule has 0 aromatic carbocycles. The van der Waals surface area contributed by atoms with Crippen molar-refractivity contribution in [1.29, 1.82) is 0 Å². The number of amides is 1. The molecule has 0 saturated carbocycles. The number of aromatic nitrogens is 3. The molecule has 8 heteroatoms. The fraction of sp³-hybridized carbons (Fsp3) is 0.727. The first-order chi connectivity index (χ1) is 9.10. The Morgan fingerprint density at radius 3 is 2.58 bits per heavy atom. The fourth-order valence-electron chi connectivity index (χ4n) is 1.51. The maximum atomic E-state index is 11.9. The van der Waals surface area contributed by atoms with Crippen LogP contribution in [0.2, 0.25) is 0 Å². The highest BCUT2D eigenvalue weighted by Gasteiger charge is 2.15. The lowest BCUT2D eigenvalue weighted by Gasteiger charge is -2.20. The van der Waals surface area contributed by atoms with Crippen LogP contribution in [0, 0.1) is 0 Å². The lowest BCUT2D eigenvalue weighted by Crippen LogP contribution is -2.37. The summed E-state index contributed by atoms with van der Waals surface area (Å²) in [5.41, 5.74) is 0. The summed E-state index contributed by atoms with van der Waals surface area (Å²) in [4.78, 5) is 13.4. The molecule has 0 aliphatic heterocycles. The van der Waals surface area contributed by atoms with E-state index in [4.69, 9.17) is 10.2 Å². The SMILES string of the molecule is CC(C)n1cnnc1SCC(=O)N(CCO)CCO. The maximum Gasteiger partial charge on any atom is 0.233 e. The molecule has 0 unspecified atom stereocenters. The van der Waals surface area contributed by atoms with Gasteiger partial charge in [0.15, 0.2) is 5.16 Å². The van der Waals surface area contributed by atoms with E-state index < -0.39 is 0 Å². The van der Waals surface area contributed by atoms with Crippen molar-refractivity contribution in [1.82, 2.24) is 19.7 Å². The van der Waals surface area contributed by atoms with E-state index in [-0.39, 0.29) is 44.0 Å². The number of aliphatic hydroxyl groups is 2. The molecule has 0 fully saturated rings. The van der Waals surface area contributed by atoms with E-state index in [1.165, 1.54) is 16.7 Å². The van der Waals surface area contributed by atoms with Crippen LogP contribution in [0.5, 0.6) is 0 Å². The molecule has 2 N–H and O–H groups in total. The third kappa shape index (κ3) is 4.81. The van der Waals surface area contributed by atoms with Gasteiger partial charge in [0.2, 0.25) is 5.91 Å². The molecule has 0 bridgehead atoms. The standard InChI is InChI=1S/C11H20N4O3S/c1-9(2)15-8-12-13-11(15)19-7-10(18)14(3-5-16)4-6-17/h8-9,16-17H,3-7H2,1-2H3. The Morgan fingerprint density at radius 2 is 2.05 bits per heavy atom. The zero-order valence-electron chi connectivity index (χ0n) is 11.2. The largest absolute Gasteiger partial charge is 0.395 e. The predicted molar refractivity (Wildman–Crippen MR) is 71.9 cm³/mol. The van der Waals surface area contributed by atoms with E-state index in [0.717, 1.165) is 0 Å². The predicted octanol–water partition coefficient (Wildman–Crippen LogP) is -0.236. The summed E-state index contributed by atoms with van der Waals surface area (Å²) in [7, 11) is 0. The lowest BCUT2D eigenvalue weighted by molar-refractivity contribution is -0.129. The number of carbonyl (C=O) groups excluding carboxylic acids is 1. The first-order valence-corrected chi connectivity index (χ1v) is 7.10. The average molecular weight is 288 g/mol. The van der Waals surface area contributed by atoms with Crippen LogP contribution in [-0.2, 0) is 4.79 Å². The van der Waals surface area contributed by atoms with Crippen LogP contribution in [0.1, 0.15) is 19.9 Å². The van der Waals surface area contributed by atoms with Crippen molar-refractivity contribution in [3.63, 3.8) is 0 Å². The van der Waals surface area contributed by atoms with Crippen molar-refractivity contribution < 1.29 is 15.0 Å². The number of nitrogens with zero attached hydrogens (tertiary/aromatic N) is 4. The fourth-order valence-corrected chi connectivity index (χ4v) is 2.46. The summed E-state index contributed by atoms with van der Waals surface area (Å²) < 4.78 is 1.89. The van der Waals surface area contributed by atoms with Crippen LogP contribution in [0.15, 0.2) is 11.5 Å². The van der Waals surface area contributed by atoms with Gasteiger partial charge in [-0.15, -0.1) is 10.2 Å². The van der Waals surface area contributed by atoms with Crippen LogP contribution in [0.4, 0.5) is 0 Å². The van der Waals surface area contributed by atoms with Crippen molar-refractivity contribution in [2.24, 2.45) is 0 Å². The smallest absolute Gasteiger partial charge is 0.233 e. The molecule has 0 aliphatic carbocycles. The number of rotatable bonds is 8. The molecule has 7 nitrogen and oxygen atoms in total. The van der Waals surface area contributed by atoms with E-state index in [9.17, 15) is 4.79 Å². The molecule has 1 amide bonds. The Morgan fingerprint density at radius 1 is 1.42 bits per heavy atom. The summed E-state index contributed by atoms with van der Waals surface area (Å²) >= 11 is 1.31. The Bertz CT molecular complexity index is 391. The lowest BCUT2D eigenvalue weighted by atomic mass is 10.4. The molecular weight excluding hydrogens is 268 g/mol. The van der Waals surface area contributed by atoms with Gasteiger partial charge in [-0.1, -0.05) is 11.8 Å². The first-order valence-electron chi connectivity index (χ1n) is 6.12. The Labute approximate surface area is 116 Å². The van der Waals surface area contributed by atoms with E-state index >= 15 is 0 Å². The summed E-state index contributed by atoms with van der Waals surface area (Å²) in [6.07, 6.45) is 1.64. The molecule has 1 heterocycles. The van der Waals surface area contributed by atoms with Gasteiger partial charge in [0.1, 0.15) is 6.33 Å². The van der Waals surface area contributed by atoms with Gasteiger partial charge in [-0.25, -0.2) is 0 Å². The molecule has 0 aliphatic rings. The monoisotopic (exact) mass is 288 g/mol. The number of carbonyl (C=O) groups is 1. The third-order valence-electron chi connectivity index (χ3n) is 2.51. The Balaban J connectivity index is 2.54. The molecule has 1 aromatic rings. The highest BCUT2D eigenvalue weighted by Crippen LogP contribution is 2.18. The highest BCUT2D eigenvalue weighted by atomic mass is 32.2. The molecule has 108 valence electrons. The second-order valence-electron chi connectivity index (χ2n) is 4.23. The summed E-state index contributed by atoms with van der Waals surface area (Å²) in [6.45, 7) is 4.27. The number of hydrogen-bond donors (Lipinski definition) is 2. The van der Waals surface area contributed by atoms with E-state index in [1.807, 2.05) is 18.4 Å². The minimum absolute atomic E-state index is 0.113. The summed E-state index contributed by atoms with van der Waals surface area (Å²) in [6, 6.07) is 0.235. The summed E-state index contributed by atoms with van der Waals surface area (Å²) in [5, 5.41) is 26.2. The molecule has 1 rings (SSSR count). The number of aliphatic hydroxyl groups excluding tert-OH is 2. The third-order valence-corrected chi connectivity index (χ3v) is 3.46. The van der Waals surface area contributed by atoms with Crippen molar-refractivity contribution in [3.8, 4) is 0 Å². The van der Waals surface area contributed by atoms with Crippen LogP contribution in [0.25, 0.3) is 0 Å². The van der Waals surface area contributed by atoms with Gasteiger partial charge in [-0.2, -0.15) is 0 Å². The zero-order chi connectivity index (χ0) is 14.3. The average Bonchev–Trinajstić information content (AvgIpc) is 2.84. The summed E-state index contributed by atoms with van der Waals surface area (Å²) in [5.74, 6) is 0.0807. The molecule has 0 saturated heterocycles. The number of thioether (sulfide) groups is 1. The van der Waals surface area contributed by atoms with Crippen molar-refractivity contribution in [2.45, 2.75) is 25.0 Å².